The first-order valence-electron chi connectivity index (χ1n) is 7.74. The molecule has 1 aliphatic heterocycles. The van der Waals surface area contributed by atoms with Gasteiger partial charge in [0.15, 0.2) is 5.82 Å². The minimum Gasteiger partial charge on any atom is -0.405 e. The molecular formula is C17H12ClIN4O3. The minimum absolute atomic E-state index is 0.0811. The topological polar surface area (TPSA) is 88.3 Å². The van der Waals surface area contributed by atoms with E-state index in [-0.39, 0.29) is 18.2 Å². The summed E-state index contributed by atoms with van der Waals surface area (Å²) in [5.41, 5.74) is 3.63. The number of pyridine rings is 1. The van der Waals surface area contributed by atoms with E-state index in [0.29, 0.717) is 21.7 Å². The molecule has 132 valence electrons. The summed E-state index contributed by atoms with van der Waals surface area (Å²) in [6.45, 7) is 1.88. The van der Waals surface area contributed by atoms with Gasteiger partial charge in [-0.15, -0.1) is 0 Å². The lowest BCUT2D eigenvalue weighted by Gasteiger charge is -2.23. The lowest BCUT2D eigenvalue weighted by atomic mass is 10.1. The Morgan fingerprint density at radius 2 is 2.19 bits per heavy atom. The highest BCUT2D eigenvalue weighted by Crippen LogP contribution is 2.34. The molecule has 1 amide bonds. The number of halogens is 2. The van der Waals surface area contributed by atoms with Gasteiger partial charge in [-0.1, -0.05) is 11.6 Å². The normalized spacial score (nSPS) is 17.0. The van der Waals surface area contributed by atoms with Gasteiger partial charge in [-0.3, -0.25) is 15.2 Å². The average Bonchev–Trinajstić information content (AvgIpc) is 2.97. The van der Waals surface area contributed by atoms with Crippen LogP contribution in [-0.2, 0) is 4.79 Å². The number of hydrazine groups is 1. The van der Waals surface area contributed by atoms with Gasteiger partial charge in [-0.25, -0.2) is 14.8 Å². The van der Waals surface area contributed by atoms with Gasteiger partial charge in [-0.05, 0) is 59.3 Å². The summed E-state index contributed by atoms with van der Waals surface area (Å²) in [4.78, 5) is 33.2. The van der Waals surface area contributed by atoms with Crippen molar-refractivity contribution >= 4 is 56.8 Å². The van der Waals surface area contributed by atoms with Gasteiger partial charge in [0, 0.05) is 9.77 Å². The fourth-order valence-electron chi connectivity index (χ4n) is 2.94. The molecule has 1 aliphatic rings. The van der Waals surface area contributed by atoms with Crippen LogP contribution in [-0.4, -0.2) is 15.9 Å². The molecule has 2 aromatic heterocycles. The largest absolute Gasteiger partial charge is 0.405 e. The Labute approximate surface area is 166 Å². The van der Waals surface area contributed by atoms with Crippen LogP contribution in [0.15, 0.2) is 39.7 Å². The summed E-state index contributed by atoms with van der Waals surface area (Å²) in [5, 5.41) is 2.27. The second kappa shape index (κ2) is 6.51. The number of fused-ring (bicyclic) bond motifs is 1. The van der Waals surface area contributed by atoms with Crippen LogP contribution in [0.4, 0.5) is 5.82 Å². The van der Waals surface area contributed by atoms with Gasteiger partial charge in [-0.2, -0.15) is 0 Å². The number of carbonyl (C=O) groups excluding carboxylic acids is 1. The summed E-state index contributed by atoms with van der Waals surface area (Å²) in [5.74, 6) is 0.279. The maximum Gasteiger partial charge on any atom is 0.346 e. The first-order valence-corrected chi connectivity index (χ1v) is 9.20. The van der Waals surface area contributed by atoms with E-state index in [4.69, 9.17) is 16.0 Å². The van der Waals surface area contributed by atoms with Gasteiger partial charge in [0.25, 0.3) is 0 Å². The number of aryl methyl sites for hydroxylation is 1. The quantitative estimate of drug-likeness (QED) is 0.565. The Hall–Kier alpha value is -2.20. The van der Waals surface area contributed by atoms with Crippen molar-refractivity contribution in [2.45, 2.75) is 19.4 Å². The summed E-state index contributed by atoms with van der Waals surface area (Å²) >= 11 is 8.34. The smallest absolute Gasteiger partial charge is 0.346 e. The molecule has 9 heteroatoms. The highest BCUT2D eigenvalue weighted by Gasteiger charge is 2.37. The number of rotatable bonds is 2. The fraction of sp³-hybridized carbons (Fsp3) is 0.176. The van der Waals surface area contributed by atoms with Gasteiger partial charge in [0.1, 0.15) is 6.04 Å². The van der Waals surface area contributed by atoms with Gasteiger partial charge in [0.2, 0.25) is 11.8 Å². The van der Waals surface area contributed by atoms with E-state index >= 15 is 0 Å². The molecule has 0 radical (unpaired) electrons. The molecule has 0 bridgehead atoms. The molecule has 1 N–H and O–H groups in total. The van der Waals surface area contributed by atoms with Crippen molar-refractivity contribution in [1.29, 1.82) is 0 Å². The highest BCUT2D eigenvalue weighted by molar-refractivity contribution is 14.1. The molecule has 3 heterocycles. The Morgan fingerprint density at radius 3 is 2.96 bits per heavy atom. The predicted molar refractivity (Wildman–Crippen MR) is 105 cm³/mol. The Kier molecular flexibility index (Phi) is 4.31. The monoisotopic (exact) mass is 482 g/mol. The molecule has 4 rings (SSSR count). The molecule has 7 nitrogen and oxygen atoms in total. The third-order valence-electron chi connectivity index (χ3n) is 4.09. The van der Waals surface area contributed by atoms with Crippen molar-refractivity contribution in [3.8, 4) is 0 Å². The number of carbonyl (C=O) groups is 1. The zero-order chi connectivity index (χ0) is 18.4. The van der Waals surface area contributed by atoms with Gasteiger partial charge >= 0.3 is 5.63 Å². The molecule has 1 aromatic carbocycles. The number of aromatic nitrogens is 2. The van der Waals surface area contributed by atoms with Crippen molar-refractivity contribution in [3.05, 3.63) is 60.9 Å². The van der Waals surface area contributed by atoms with Crippen LogP contribution in [0.3, 0.4) is 0 Å². The second-order valence-corrected chi connectivity index (χ2v) is 7.54. The minimum atomic E-state index is -0.620. The van der Waals surface area contributed by atoms with Crippen molar-refractivity contribution in [2.24, 2.45) is 0 Å². The van der Waals surface area contributed by atoms with Crippen molar-refractivity contribution < 1.29 is 9.21 Å². The predicted octanol–water partition coefficient (Wildman–Crippen LogP) is 3.13. The maximum absolute atomic E-state index is 12.5. The molecule has 1 atom stereocenters. The van der Waals surface area contributed by atoms with E-state index in [9.17, 15) is 9.59 Å². The van der Waals surface area contributed by atoms with Crippen molar-refractivity contribution in [2.75, 3.05) is 5.01 Å². The van der Waals surface area contributed by atoms with Crippen molar-refractivity contribution in [1.82, 2.24) is 15.4 Å². The number of hydrogen-bond donors (Lipinski definition) is 1. The summed E-state index contributed by atoms with van der Waals surface area (Å²) in [7, 11) is 0. The fourth-order valence-corrected chi connectivity index (χ4v) is 3.93. The Morgan fingerprint density at radius 1 is 1.38 bits per heavy atom. The molecule has 0 aliphatic carbocycles. The SMILES string of the molecule is Cc1cc(I)cc2c(=O)oc(C3CC(=O)NN3c3ncccc3Cl)nc12. The number of nitrogens with one attached hydrogen (secondary N) is 1. The summed E-state index contributed by atoms with van der Waals surface area (Å²) < 4.78 is 6.37. The molecule has 26 heavy (non-hydrogen) atoms. The third kappa shape index (κ3) is 2.92. The molecule has 3 aromatic rings. The molecule has 1 saturated heterocycles. The number of benzene rings is 1. The van der Waals surface area contributed by atoms with Crippen LogP contribution in [0.25, 0.3) is 10.9 Å². The van der Waals surface area contributed by atoms with Crippen LogP contribution >= 0.6 is 34.2 Å². The molecule has 0 spiro atoms. The average molecular weight is 483 g/mol. The number of hydrogen-bond acceptors (Lipinski definition) is 6. The third-order valence-corrected chi connectivity index (χ3v) is 5.01. The zero-order valence-electron chi connectivity index (χ0n) is 13.5. The van der Waals surface area contributed by atoms with E-state index in [1.807, 2.05) is 13.0 Å². The summed E-state index contributed by atoms with van der Waals surface area (Å²) in [6, 6.07) is 6.41. The van der Waals surface area contributed by atoms with E-state index in [1.54, 1.807) is 24.4 Å². The molecule has 1 fully saturated rings. The lowest BCUT2D eigenvalue weighted by Crippen LogP contribution is -2.36. The van der Waals surface area contributed by atoms with Crippen molar-refractivity contribution in [3.63, 3.8) is 0 Å². The van der Waals surface area contributed by atoms with Crippen LogP contribution < -0.4 is 16.1 Å². The highest BCUT2D eigenvalue weighted by atomic mass is 127. The van der Waals surface area contributed by atoms with E-state index < -0.39 is 11.7 Å². The van der Waals surface area contributed by atoms with Crippen LogP contribution in [0, 0.1) is 10.5 Å². The van der Waals surface area contributed by atoms with E-state index in [0.717, 1.165) is 9.13 Å². The van der Waals surface area contributed by atoms with Crippen LogP contribution in [0.2, 0.25) is 5.02 Å². The standard InChI is InChI=1S/C17H12ClIN4O3/c1-8-5-9(19)6-10-14(8)21-16(26-17(10)25)12-7-13(24)22-23(12)15-11(18)3-2-4-20-15/h2-6,12H,7H2,1H3,(H,22,24). The first-order chi connectivity index (χ1) is 12.4. The Bertz CT molecular complexity index is 1100. The molecular weight excluding hydrogens is 471 g/mol. The van der Waals surface area contributed by atoms with Gasteiger partial charge in [0.05, 0.1) is 22.3 Å². The maximum atomic E-state index is 12.5. The molecule has 0 saturated carbocycles. The van der Waals surface area contributed by atoms with Crippen LogP contribution in [0.1, 0.15) is 23.9 Å². The second-order valence-electron chi connectivity index (χ2n) is 5.89. The first kappa shape index (κ1) is 17.2. The number of anilines is 1. The van der Waals surface area contributed by atoms with Crippen LogP contribution in [0.5, 0.6) is 0 Å². The van der Waals surface area contributed by atoms with E-state index in [1.165, 1.54) is 5.01 Å². The van der Waals surface area contributed by atoms with Gasteiger partial charge < -0.3 is 4.42 Å². The Balaban J connectivity index is 1.87. The number of nitrogens with zero attached hydrogens (tertiary/aromatic N) is 3. The zero-order valence-corrected chi connectivity index (χ0v) is 16.4. The number of amides is 1. The van der Waals surface area contributed by atoms with E-state index in [2.05, 4.69) is 38.0 Å². The summed E-state index contributed by atoms with van der Waals surface area (Å²) in [6.07, 6.45) is 1.65. The lowest BCUT2D eigenvalue weighted by molar-refractivity contribution is -0.119. The molecule has 1 unspecified atom stereocenters.